The Hall–Kier alpha value is -0.950. The number of rotatable bonds is 7. The minimum Gasteiger partial charge on any atom is -0.444 e. The van der Waals surface area contributed by atoms with Gasteiger partial charge in [-0.15, -0.1) is 0 Å². The van der Waals surface area contributed by atoms with Crippen molar-refractivity contribution in [2.75, 3.05) is 19.6 Å². The third-order valence-corrected chi connectivity index (χ3v) is 3.65. The van der Waals surface area contributed by atoms with E-state index in [4.69, 9.17) is 4.74 Å². The zero-order chi connectivity index (χ0) is 17.5. The van der Waals surface area contributed by atoms with Crippen molar-refractivity contribution in [3.8, 4) is 0 Å². The fraction of sp³-hybridized carbons (Fsp3) is 0.938. The quantitative estimate of drug-likeness (QED) is 0.669. The first-order valence-electron chi connectivity index (χ1n) is 8.39. The van der Waals surface area contributed by atoms with Crippen molar-refractivity contribution in [2.24, 2.45) is 0 Å². The smallest absolute Gasteiger partial charge is 0.407 e. The van der Waals surface area contributed by atoms with E-state index in [2.05, 4.69) is 16.0 Å². The number of hydrogen-bond donors (Lipinski definition) is 3. The van der Waals surface area contributed by atoms with Crippen molar-refractivity contribution < 1.29 is 18.3 Å². The van der Waals surface area contributed by atoms with Crippen LogP contribution in [0.5, 0.6) is 0 Å². The number of amides is 1. The molecule has 2 atom stereocenters. The van der Waals surface area contributed by atoms with Gasteiger partial charge in [0.05, 0.1) is 13.1 Å². The Balaban J connectivity index is 2.24. The monoisotopic (exact) mass is 335 g/mol. The number of piperidine rings is 1. The summed E-state index contributed by atoms with van der Waals surface area (Å²) in [5.41, 5.74) is -0.695. The molecule has 0 bridgehead atoms. The van der Waals surface area contributed by atoms with Gasteiger partial charge in [0.15, 0.2) is 0 Å². The normalized spacial score (nSPS) is 20.9. The minimum atomic E-state index is -3.01. The van der Waals surface area contributed by atoms with Crippen LogP contribution in [0.4, 0.5) is 13.6 Å². The molecule has 0 aromatic heterocycles. The number of carbonyl (C=O) groups excluding carboxylic acids is 1. The van der Waals surface area contributed by atoms with E-state index in [0.717, 1.165) is 19.4 Å². The highest BCUT2D eigenvalue weighted by Gasteiger charge is 2.31. The largest absolute Gasteiger partial charge is 0.444 e. The number of carbonyl (C=O) groups is 1. The van der Waals surface area contributed by atoms with Crippen molar-refractivity contribution >= 4 is 6.09 Å². The van der Waals surface area contributed by atoms with Crippen LogP contribution in [0.1, 0.15) is 53.4 Å². The van der Waals surface area contributed by atoms with Gasteiger partial charge in [-0.25, -0.2) is 13.6 Å². The van der Waals surface area contributed by atoms with Crippen LogP contribution in [-0.4, -0.2) is 49.3 Å². The number of halogens is 2. The molecule has 1 amide bonds. The lowest BCUT2D eigenvalue weighted by atomic mass is 9.99. The van der Waals surface area contributed by atoms with E-state index in [1.807, 2.05) is 6.92 Å². The molecule has 2 unspecified atom stereocenters. The van der Waals surface area contributed by atoms with Crippen LogP contribution in [-0.2, 0) is 4.74 Å². The maximum absolute atomic E-state index is 13.8. The fourth-order valence-corrected chi connectivity index (χ4v) is 2.54. The van der Waals surface area contributed by atoms with Crippen molar-refractivity contribution in [3.05, 3.63) is 0 Å². The van der Waals surface area contributed by atoms with Gasteiger partial charge in [-0.05, 0) is 53.5 Å². The number of ether oxygens (including phenoxy) is 1. The summed E-state index contributed by atoms with van der Waals surface area (Å²) in [6.07, 6.45) is 3.49. The van der Waals surface area contributed by atoms with Gasteiger partial charge in [0.2, 0.25) is 0 Å². The summed E-state index contributed by atoms with van der Waals surface area (Å²) in [7, 11) is 0. The average molecular weight is 335 g/mol. The van der Waals surface area contributed by atoms with Crippen LogP contribution in [0.2, 0.25) is 0 Å². The van der Waals surface area contributed by atoms with E-state index in [1.165, 1.54) is 12.8 Å². The lowest BCUT2D eigenvalue weighted by molar-refractivity contribution is -0.00560. The minimum absolute atomic E-state index is 0.00185. The fourth-order valence-electron chi connectivity index (χ4n) is 2.54. The molecule has 0 spiro atoms. The first-order valence-corrected chi connectivity index (χ1v) is 8.39. The molecule has 1 heterocycles. The average Bonchev–Trinajstić information content (AvgIpc) is 2.43. The van der Waals surface area contributed by atoms with Crippen LogP contribution >= 0.6 is 0 Å². The standard InChI is InChI=1S/C16H31F2N3O2/c1-12(9-13-7-5-6-8-19-13)20-10-16(17,18)11-21-14(22)23-15(2,3)4/h12-13,19-20H,5-11H2,1-4H3,(H,21,22). The summed E-state index contributed by atoms with van der Waals surface area (Å²) < 4.78 is 32.6. The molecule has 1 aliphatic heterocycles. The summed E-state index contributed by atoms with van der Waals surface area (Å²) in [4.78, 5) is 11.4. The molecular weight excluding hydrogens is 304 g/mol. The molecule has 0 aromatic rings. The predicted octanol–water partition coefficient (Wildman–Crippen LogP) is 2.66. The molecule has 23 heavy (non-hydrogen) atoms. The highest BCUT2D eigenvalue weighted by atomic mass is 19.3. The summed E-state index contributed by atoms with van der Waals surface area (Å²) in [6.45, 7) is 6.79. The third kappa shape index (κ3) is 9.71. The van der Waals surface area contributed by atoms with E-state index >= 15 is 0 Å². The van der Waals surface area contributed by atoms with Crippen LogP contribution in [0.3, 0.4) is 0 Å². The van der Waals surface area contributed by atoms with Gasteiger partial charge in [-0.3, -0.25) is 0 Å². The molecule has 3 N–H and O–H groups in total. The second-order valence-corrected chi connectivity index (χ2v) is 7.38. The van der Waals surface area contributed by atoms with Crippen molar-refractivity contribution in [1.29, 1.82) is 0 Å². The van der Waals surface area contributed by atoms with Crippen LogP contribution in [0.15, 0.2) is 0 Å². The number of hydrogen-bond acceptors (Lipinski definition) is 4. The highest BCUT2D eigenvalue weighted by Crippen LogP contribution is 2.15. The molecule has 1 aliphatic rings. The Morgan fingerprint density at radius 2 is 2.00 bits per heavy atom. The molecule has 5 nitrogen and oxygen atoms in total. The van der Waals surface area contributed by atoms with Crippen LogP contribution in [0.25, 0.3) is 0 Å². The second kappa shape index (κ2) is 8.78. The van der Waals surface area contributed by atoms with E-state index < -0.39 is 30.7 Å². The maximum atomic E-state index is 13.8. The molecule has 136 valence electrons. The van der Waals surface area contributed by atoms with E-state index in [0.29, 0.717) is 6.04 Å². The highest BCUT2D eigenvalue weighted by molar-refractivity contribution is 5.67. The molecule has 0 saturated carbocycles. The van der Waals surface area contributed by atoms with Gasteiger partial charge in [-0.2, -0.15) is 0 Å². The number of alkyl carbamates (subject to hydrolysis) is 1. The summed E-state index contributed by atoms with van der Waals surface area (Å²) >= 11 is 0. The van der Waals surface area contributed by atoms with Crippen molar-refractivity contribution in [3.63, 3.8) is 0 Å². The Labute approximate surface area is 137 Å². The Morgan fingerprint density at radius 1 is 1.30 bits per heavy atom. The Bertz CT molecular complexity index is 367. The van der Waals surface area contributed by atoms with E-state index in [1.54, 1.807) is 20.8 Å². The van der Waals surface area contributed by atoms with Gasteiger partial charge in [0.1, 0.15) is 5.60 Å². The lowest BCUT2D eigenvalue weighted by Crippen LogP contribution is -2.47. The SMILES string of the molecule is CC(CC1CCCCN1)NCC(F)(F)CNC(=O)OC(C)(C)C. The van der Waals surface area contributed by atoms with Gasteiger partial charge < -0.3 is 20.7 Å². The van der Waals surface area contributed by atoms with E-state index in [9.17, 15) is 13.6 Å². The Kier molecular flexibility index (Phi) is 7.67. The van der Waals surface area contributed by atoms with Gasteiger partial charge in [0.25, 0.3) is 5.92 Å². The molecule has 1 saturated heterocycles. The first-order chi connectivity index (χ1) is 10.6. The van der Waals surface area contributed by atoms with Crippen LogP contribution in [0, 0.1) is 0 Å². The molecule has 0 radical (unpaired) electrons. The lowest BCUT2D eigenvalue weighted by Gasteiger charge is -2.28. The Morgan fingerprint density at radius 3 is 2.57 bits per heavy atom. The van der Waals surface area contributed by atoms with E-state index in [-0.39, 0.29) is 6.04 Å². The van der Waals surface area contributed by atoms with Crippen LogP contribution < -0.4 is 16.0 Å². The molecule has 0 aliphatic carbocycles. The molecule has 0 aromatic carbocycles. The van der Waals surface area contributed by atoms with Gasteiger partial charge in [0, 0.05) is 12.1 Å². The van der Waals surface area contributed by atoms with Crippen molar-refractivity contribution in [2.45, 2.75) is 77.0 Å². The predicted molar refractivity (Wildman–Crippen MR) is 86.9 cm³/mol. The van der Waals surface area contributed by atoms with Crippen molar-refractivity contribution in [1.82, 2.24) is 16.0 Å². The molecule has 7 heteroatoms. The molecule has 1 rings (SSSR count). The maximum Gasteiger partial charge on any atom is 0.407 e. The zero-order valence-electron chi connectivity index (χ0n) is 14.7. The number of nitrogens with one attached hydrogen (secondary N) is 3. The second-order valence-electron chi connectivity index (χ2n) is 7.38. The van der Waals surface area contributed by atoms with Gasteiger partial charge >= 0.3 is 6.09 Å². The third-order valence-electron chi connectivity index (χ3n) is 3.65. The molecular formula is C16H31F2N3O2. The zero-order valence-corrected chi connectivity index (χ0v) is 14.7. The molecule has 1 fully saturated rings. The number of alkyl halides is 2. The summed E-state index contributed by atoms with van der Waals surface area (Å²) in [5, 5.41) is 8.39. The first kappa shape index (κ1) is 20.1. The summed E-state index contributed by atoms with van der Waals surface area (Å²) in [6, 6.07) is 0.401. The summed E-state index contributed by atoms with van der Waals surface area (Å²) in [5.74, 6) is -3.01. The topological polar surface area (TPSA) is 62.4 Å². The van der Waals surface area contributed by atoms with Gasteiger partial charge in [-0.1, -0.05) is 6.42 Å².